The van der Waals surface area contributed by atoms with E-state index < -0.39 is 11.4 Å². The van der Waals surface area contributed by atoms with Crippen molar-refractivity contribution in [2.45, 2.75) is 44.1 Å². The molecule has 1 amide bonds. The number of hydrogen-bond acceptors (Lipinski definition) is 5. The van der Waals surface area contributed by atoms with Gasteiger partial charge in [0.2, 0.25) is 5.91 Å². The van der Waals surface area contributed by atoms with Crippen molar-refractivity contribution >= 4 is 39.9 Å². The van der Waals surface area contributed by atoms with E-state index in [1.165, 1.54) is 0 Å². The summed E-state index contributed by atoms with van der Waals surface area (Å²) in [7, 11) is 0. The predicted molar refractivity (Wildman–Crippen MR) is 117 cm³/mol. The number of carbonyl (C=O) groups excluding carboxylic acids is 1. The van der Waals surface area contributed by atoms with Crippen LogP contribution in [-0.2, 0) is 10.4 Å². The van der Waals surface area contributed by atoms with Crippen molar-refractivity contribution in [1.29, 1.82) is 0 Å². The number of nitrogens with one attached hydrogen (secondary N) is 2. The van der Waals surface area contributed by atoms with Crippen LogP contribution in [0.4, 0.5) is 10.2 Å². The third-order valence-corrected chi connectivity index (χ3v) is 6.84. The predicted octanol–water partition coefficient (Wildman–Crippen LogP) is 4.18. The van der Waals surface area contributed by atoms with Crippen molar-refractivity contribution < 1.29 is 14.3 Å². The van der Waals surface area contributed by atoms with Gasteiger partial charge in [0, 0.05) is 28.6 Å². The molecule has 2 aliphatic rings. The highest BCUT2D eigenvalue weighted by Crippen LogP contribution is 2.47. The van der Waals surface area contributed by atoms with Crippen LogP contribution in [0.5, 0.6) is 0 Å². The number of anilines is 1. The molecule has 3 heterocycles. The number of fused-ring (bicyclic) bond motifs is 2. The average Bonchev–Trinajstić information content (AvgIpc) is 3.14. The summed E-state index contributed by atoms with van der Waals surface area (Å²) in [6.07, 6.45) is 10.9. The summed E-state index contributed by atoms with van der Waals surface area (Å²) in [6, 6.07) is 0. The van der Waals surface area contributed by atoms with E-state index in [2.05, 4.69) is 25.5 Å². The minimum atomic E-state index is -1.27. The number of aromatic amines is 1. The van der Waals surface area contributed by atoms with E-state index >= 15 is 4.39 Å². The molecule has 8 nitrogen and oxygen atoms in total. The number of imidazole rings is 1. The van der Waals surface area contributed by atoms with Gasteiger partial charge in [-0.2, -0.15) is 5.10 Å². The van der Waals surface area contributed by atoms with Gasteiger partial charge in [-0.1, -0.05) is 24.4 Å². The van der Waals surface area contributed by atoms with Crippen LogP contribution >= 0.6 is 11.6 Å². The Morgan fingerprint density at radius 1 is 1.28 bits per heavy atom. The largest absolute Gasteiger partial charge is 0.385 e. The second-order valence-electron chi connectivity index (χ2n) is 8.70. The molecule has 3 aromatic heterocycles. The third kappa shape index (κ3) is 2.99. The third-order valence-electron chi connectivity index (χ3n) is 6.48. The van der Waals surface area contributed by atoms with Crippen LogP contribution in [0, 0.1) is 11.7 Å². The SMILES string of the molecule is O=C(Nc1cn2cc(-c3c(Cl)c(F)c(C4(O)CCCC4)c4[nH]ncc34)ncc2n1)C1CC1. The normalized spacial score (nSPS) is 18.0. The lowest BCUT2D eigenvalue weighted by Gasteiger charge is -2.25. The summed E-state index contributed by atoms with van der Waals surface area (Å²) in [4.78, 5) is 20.9. The van der Waals surface area contributed by atoms with Crippen LogP contribution in [0.25, 0.3) is 27.8 Å². The summed E-state index contributed by atoms with van der Waals surface area (Å²) in [5.74, 6) is -0.191. The molecule has 0 atom stereocenters. The Kier molecular flexibility index (Phi) is 4.28. The van der Waals surface area contributed by atoms with E-state index in [4.69, 9.17) is 11.6 Å². The van der Waals surface area contributed by atoms with Gasteiger partial charge < -0.3 is 14.8 Å². The number of hydrogen-bond donors (Lipinski definition) is 3. The second kappa shape index (κ2) is 6.98. The lowest BCUT2D eigenvalue weighted by Crippen LogP contribution is -2.23. The lowest BCUT2D eigenvalue weighted by molar-refractivity contribution is -0.117. The summed E-state index contributed by atoms with van der Waals surface area (Å²) in [5, 5.41) is 21.3. The minimum absolute atomic E-state index is 0.0350. The molecule has 0 bridgehead atoms. The van der Waals surface area contributed by atoms with Crippen LogP contribution in [0.2, 0.25) is 5.02 Å². The number of aliphatic hydroxyl groups is 1. The molecule has 10 heteroatoms. The molecule has 0 saturated heterocycles. The zero-order valence-electron chi connectivity index (χ0n) is 17.0. The van der Waals surface area contributed by atoms with Gasteiger partial charge in [0.15, 0.2) is 17.3 Å². The molecule has 2 fully saturated rings. The zero-order chi connectivity index (χ0) is 22.0. The Hall–Kier alpha value is -3.04. The van der Waals surface area contributed by atoms with Gasteiger partial charge in [-0.3, -0.25) is 14.9 Å². The monoisotopic (exact) mass is 454 g/mol. The Labute approximate surface area is 186 Å². The minimum Gasteiger partial charge on any atom is -0.385 e. The molecule has 6 rings (SSSR count). The number of amides is 1. The van der Waals surface area contributed by atoms with Gasteiger partial charge in [-0.15, -0.1) is 0 Å². The van der Waals surface area contributed by atoms with E-state index in [-0.39, 0.29) is 22.4 Å². The van der Waals surface area contributed by atoms with Gasteiger partial charge in [-0.25, -0.2) is 9.37 Å². The molecule has 1 aromatic carbocycles. The molecule has 32 heavy (non-hydrogen) atoms. The Morgan fingerprint density at radius 2 is 2.06 bits per heavy atom. The van der Waals surface area contributed by atoms with Crippen LogP contribution in [0.15, 0.2) is 24.8 Å². The number of nitrogens with zero attached hydrogens (tertiary/aromatic N) is 4. The topological polar surface area (TPSA) is 108 Å². The van der Waals surface area contributed by atoms with Crippen molar-refractivity contribution in [3.05, 3.63) is 41.2 Å². The number of carbonyl (C=O) groups is 1. The maximum Gasteiger partial charge on any atom is 0.228 e. The summed E-state index contributed by atoms with van der Waals surface area (Å²) >= 11 is 6.53. The van der Waals surface area contributed by atoms with Gasteiger partial charge >= 0.3 is 0 Å². The fourth-order valence-corrected chi connectivity index (χ4v) is 4.97. The van der Waals surface area contributed by atoms with Crippen molar-refractivity contribution in [2.75, 3.05) is 5.32 Å². The molecule has 164 valence electrons. The first kappa shape index (κ1) is 19.6. The zero-order valence-corrected chi connectivity index (χ0v) is 17.8. The summed E-state index contributed by atoms with van der Waals surface area (Å²) in [5.41, 5.74) is 0.679. The van der Waals surface area contributed by atoms with Gasteiger partial charge in [0.05, 0.1) is 40.4 Å². The molecule has 0 radical (unpaired) electrons. The quantitative estimate of drug-likeness (QED) is 0.428. The molecule has 4 aromatic rings. The first-order chi connectivity index (χ1) is 15.4. The van der Waals surface area contributed by atoms with Crippen molar-refractivity contribution in [3.63, 3.8) is 0 Å². The molecule has 0 spiro atoms. The van der Waals surface area contributed by atoms with Crippen molar-refractivity contribution in [2.24, 2.45) is 5.92 Å². The first-order valence-corrected chi connectivity index (χ1v) is 11.1. The highest BCUT2D eigenvalue weighted by atomic mass is 35.5. The molecule has 0 unspecified atom stereocenters. The Morgan fingerprint density at radius 3 is 2.81 bits per heavy atom. The van der Waals surface area contributed by atoms with E-state index in [1.807, 2.05) is 0 Å². The molecule has 2 saturated carbocycles. The summed E-state index contributed by atoms with van der Waals surface area (Å²) < 4.78 is 17.3. The van der Waals surface area contributed by atoms with Crippen LogP contribution in [-0.4, -0.2) is 35.6 Å². The van der Waals surface area contributed by atoms with Crippen LogP contribution in [0.3, 0.4) is 0 Å². The fourth-order valence-electron chi connectivity index (χ4n) is 4.67. The van der Waals surface area contributed by atoms with E-state index in [9.17, 15) is 9.90 Å². The number of benzene rings is 1. The van der Waals surface area contributed by atoms with Crippen LogP contribution in [0.1, 0.15) is 44.1 Å². The average molecular weight is 455 g/mol. The lowest BCUT2D eigenvalue weighted by atomic mass is 9.88. The highest BCUT2D eigenvalue weighted by molar-refractivity contribution is 6.35. The smallest absolute Gasteiger partial charge is 0.228 e. The number of H-pyrrole nitrogens is 1. The Balaban J connectivity index is 1.47. The maximum absolute atomic E-state index is 15.6. The van der Waals surface area contributed by atoms with E-state index in [0.29, 0.717) is 46.5 Å². The van der Waals surface area contributed by atoms with Gasteiger partial charge in [0.25, 0.3) is 0 Å². The van der Waals surface area contributed by atoms with E-state index in [0.717, 1.165) is 25.7 Å². The Bertz CT molecular complexity index is 1390. The van der Waals surface area contributed by atoms with Gasteiger partial charge in [-0.05, 0) is 25.7 Å². The maximum atomic E-state index is 15.6. The van der Waals surface area contributed by atoms with Crippen LogP contribution < -0.4 is 5.32 Å². The van der Waals surface area contributed by atoms with E-state index in [1.54, 1.807) is 29.2 Å². The highest BCUT2D eigenvalue weighted by Gasteiger charge is 2.39. The number of halogens is 2. The molecule has 0 aliphatic heterocycles. The second-order valence-corrected chi connectivity index (χ2v) is 9.08. The molecule has 3 N–H and O–H groups in total. The molecular weight excluding hydrogens is 435 g/mol. The first-order valence-electron chi connectivity index (χ1n) is 10.7. The molecule has 2 aliphatic carbocycles. The standard InChI is InChI=1S/C22H20ClFN6O2/c23-18-16(12-7-26-29-20(12)17(19(18)24)22(32)5-1-2-6-22)13-9-30-10-14(27-15(30)8-25-13)28-21(31)11-3-4-11/h7-11,32H,1-6H2,(H,26,29)(H,28,31). The number of aromatic nitrogens is 5. The fraction of sp³-hybridized carbons (Fsp3) is 0.364. The van der Waals surface area contributed by atoms with Crippen molar-refractivity contribution in [1.82, 2.24) is 24.6 Å². The van der Waals surface area contributed by atoms with Gasteiger partial charge in [0.1, 0.15) is 0 Å². The van der Waals surface area contributed by atoms with Crippen molar-refractivity contribution in [3.8, 4) is 11.3 Å². The molecular formula is C22H20ClFN6O2. The number of rotatable bonds is 4. The summed E-state index contributed by atoms with van der Waals surface area (Å²) in [6.45, 7) is 0.